The van der Waals surface area contributed by atoms with Gasteiger partial charge in [0.2, 0.25) is 0 Å². The van der Waals surface area contributed by atoms with Gasteiger partial charge in [0.25, 0.3) is 0 Å². The predicted octanol–water partition coefficient (Wildman–Crippen LogP) is 3.92. The van der Waals surface area contributed by atoms with Gasteiger partial charge in [-0.2, -0.15) is 13.2 Å². The molecular weight excluding hydrogens is 373 g/mol. The number of benzene rings is 1. The van der Waals surface area contributed by atoms with Crippen molar-refractivity contribution in [3.63, 3.8) is 0 Å². The van der Waals surface area contributed by atoms with Crippen LogP contribution in [0.4, 0.5) is 13.2 Å². The van der Waals surface area contributed by atoms with Crippen LogP contribution in [0, 0.1) is 0 Å². The van der Waals surface area contributed by atoms with E-state index in [4.69, 9.17) is 4.74 Å². The third-order valence-corrected chi connectivity index (χ3v) is 4.44. The molecule has 0 atom stereocenters. The monoisotopic (exact) mass is 394 g/mol. The molecule has 0 aliphatic carbocycles. The molecule has 0 bridgehead atoms. The summed E-state index contributed by atoms with van der Waals surface area (Å²) in [6.45, 7) is 7.45. The first-order valence-corrected chi connectivity index (χ1v) is 8.48. The number of hydrogen-bond acceptors (Lipinski definition) is 3. The maximum atomic E-state index is 12.4. The Bertz CT molecular complexity index is 515. The normalized spacial score (nSPS) is 17.7. The number of alkyl halides is 3. The van der Waals surface area contributed by atoms with Crippen LogP contribution in [0.25, 0.3) is 0 Å². The molecule has 1 saturated heterocycles. The van der Waals surface area contributed by atoms with Crippen LogP contribution in [0.3, 0.4) is 0 Å². The first kappa shape index (κ1) is 18.5. The molecule has 0 radical (unpaired) electrons. The largest absolute Gasteiger partial charge is 0.484 e. The molecule has 1 heterocycles. The van der Waals surface area contributed by atoms with E-state index in [2.05, 4.69) is 39.6 Å². The van der Waals surface area contributed by atoms with E-state index in [0.717, 1.165) is 36.2 Å². The first-order chi connectivity index (χ1) is 10.7. The van der Waals surface area contributed by atoms with Gasteiger partial charge in [0.05, 0.1) is 0 Å². The lowest BCUT2D eigenvalue weighted by Crippen LogP contribution is -2.48. The molecule has 23 heavy (non-hydrogen) atoms. The van der Waals surface area contributed by atoms with Crippen LogP contribution in [0.1, 0.15) is 19.4 Å². The number of halogens is 4. The zero-order valence-electron chi connectivity index (χ0n) is 13.4. The van der Waals surface area contributed by atoms with E-state index in [1.165, 1.54) is 0 Å². The molecule has 3 nitrogen and oxygen atoms in total. The van der Waals surface area contributed by atoms with E-state index < -0.39 is 12.8 Å². The van der Waals surface area contributed by atoms with Crippen molar-refractivity contribution in [2.24, 2.45) is 0 Å². The number of piperazine rings is 1. The Morgan fingerprint density at radius 1 is 1.17 bits per heavy atom. The number of ether oxygens (including phenoxy) is 1. The summed E-state index contributed by atoms with van der Waals surface area (Å²) in [6, 6.07) is 5.65. The summed E-state index contributed by atoms with van der Waals surface area (Å²) in [5.74, 6) is 0.303. The van der Waals surface area contributed by atoms with Crippen LogP contribution in [-0.2, 0) is 6.54 Å². The van der Waals surface area contributed by atoms with Gasteiger partial charge in [-0.1, -0.05) is 15.9 Å². The summed E-state index contributed by atoms with van der Waals surface area (Å²) < 4.78 is 43.0. The summed E-state index contributed by atoms with van der Waals surface area (Å²) in [4.78, 5) is 4.65. The van der Waals surface area contributed by atoms with Crippen LogP contribution in [0.2, 0.25) is 0 Å². The SMILES string of the molecule is CC(C)N1CCN(Cc2cc(Br)ccc2OCC(F)(F)F)CC1. The summed E-state index contributed by atoms with van der Waals surface area (Å²) in [6.07, 6.45) is -4.33. The molecule has 1 aromatic rings. The minimum Gasteiger partial charge on any atom is -0.484 e. The molecule has 130 valence electrons. The lowest BCUT2D eigenvalue weighted by atomic mass is 10.1. The fourth-order valence-corrected chi connectivity index (χ4v) is 3.06. The van der Waals surface area contributed by atoms with Gasteiger partial charge in [-0.05, 0) is 32.0 Å². The molecule has 0 spiro atoms. The average molecular weight is 395 g/mol. The standard InChI is InChI=1S/C16H22BrF3N2O/c1-12(2)22-7-5-21(6-8-22)10-13-9-14(17)3-4-15(13)23-11-16(18,19)20/h3-4,9,12H,5-8,10-11H2,1-2H3. The smallest absolute Gasteiger partial charge is 0.422 e. The second kappa shape index (κ2) is 7.85. The molecule has 1 aliphatic heterocycles. The van der Waals surface area contributed by atoms with Crippen molar-refractivity contribution < 1.29 is 17.9 Å². The Morgan fingerprint density at radius 3 is 2.39 bits per heavy atom. The summed E-state index contributed by atoms with van der Waals surface area (Å²) in [5, 5.41) is 0. The Balaban J connectivity index is 2.00. The van der Waals surface area contributed by atoms with Crippen molar-refractivity contribution in [2.75, 3.05) is 32.8 Å². The highest BCUT2D eigenvalue weighted by molar-refractivity contribution is 9.10. The number of nitrogens with zero attached hydrogens (tertiary/aromatic N) is 2. The van der Waals surface area contributed by atoms with Crippen molar-refractivity contribution in [2.45, 2.75) is 32.6 Å². The molecular formula is C16H22BrF3N2O. The van der Waals surface area contributed by atoms with Gasteiger partial charge in [-0.15, -0.1) is 0 Å². The first-order valence-electron chi connectivity index (χ1n) is 7.69. The summed E-state index contributed by atoms with van der Waals surface area (Å²) >= 11 is 3.38. The molecule has 1 fully saturated rings. The van der Waals surface area contributed by atoms with Crippen LogP contribution < -0.4 is 4.74 Å². The molecule has 0 amide bonds. The van der Waals surface area contributed by atoms with Gasteiger partial charge >= 0.3 is 6.18 Å². The molecule has 2 rings (SSSR count). The van der Waals surface area contributed by atoms with Gasteiger partial charge in [0.15, 0.2) is 6.61 Å². The third-order valence-electron chi connectivity index (χ3n) is 3.94. The van der Waals surface area contributed by atoms with Crippen molar-refractivity contribution in [1.29, 1.82) is 0 Å². The minimum atomic E-state index is -4.33. The van der Waals surface area contributed by atoms with Gasteiger partial charge in [0.1, 0.15) is 5.75 Å². The van der Waals surface area contributed by atoms with Gasteiger partial charge in [-0.25, -0.2) is 0 Å². The summed E-state index contributed by atoms with van der Waals surface area (Å²) in [7, 11) is 0. The van der Waals surface area contributed by atoms with Crippen LogP contribution in [0.5, 0.6) is 5.75 Å². The maximum Gasteiger partial charge on any atom is 0.422 e. The summed E-state index contributed by atoms with van der Waals surface area (Å²) in [5.41, 5.74) is 0.779. The number of hydrogen-bond donors (Lipinski definition) is 0. The third kappa shape index (κ3) is 5.97. The van der Waals surface area contributed by atoms with Crippen molar-refractivity contribution >= 4 is 15.9 Å². The van der Waals surface area contributed by atoms with Crippen molar-refractivity contribution in [3.05, 3.63) is 28.2 Å². The van der Waals surface area contributed by atoms with Crippen LogP contribution >= 0.6 is 15.9 Å². The van der Waals surface area contributed by atoms with E-state index in [1.807, 2.05) is 6.07 Å². The van der Waals surface area contributed by atoms with Gasteiger partial charge in [-0.3, -0.25) is 9.80 Å². The second-order valence-corrected chi connectivity index (χ2v) is 6.98. The topological polar surface area (TPSA) is 15.7 Å². The zero-order chi connectivity index (χ0) is 17.0. The molecule has 1 aliphatic rings. The van der Waals surface area contributed by atoms with Gasteiger partial charge < -0.3 is 4.74 Å². The maximum absolute atomic E-state index is 12.4. The van der Waals surface area contributed by atoms with Crippen LogP contribution in [-0.4, -0.2) is 54.8 Å². The molecule has 0 aromatic heterocycles. The Labute approximate surface area is 143 Å². The molecule has 7 heteroatoms. The highest BCUT2D eigenvalue weighted by Gasteiger charge is 2.29. The molecule has 0 N–H and O–H groups in total. The minimum absolute atomic E-state index is 0.303. The Hall–Kier alpha value is -0.790. The van der Waals surface area contributed by atoms with E-state index in [0.29, 0.717) is 18.3 Å². The quantitative estimate of drug-likeness (QED) is 0.752. The van der Waals surface area contributed by atoms with Crippen LogP contribution in [0.15, 0.2) is 22.7 Å². The van der Waals surface area contributed by atoms with E-state index in [-0.39, 0.29) is 0 Å². The van der Waals surface area contributed by atoms with Crippen molar-refractivity contribution in [3.8, 4) is 5.75 Å². The highest BCUT2D eigenvalue weighted by Crippen LogP contribution is 2.27. The van der Waals surface area contributed by atoms with E-state index >= 15 is 0 Å². The Kier molecular flexibility index (Phi) is 6.33. The Morgan fingerprint density at radius 2 is 1.83 bits per heavy atom. The average Bonchev–Trinajstić information content (AvgIpc) is 2.46. The zero-order valence-corrected chi connectivity index (χ0v) is 15.0. The second-order valence-electron chi connectivity index (χ2n) is 6.06. The van der Waals surface area contributed by atoms with E-state index in [9.17, 15) is 13.2 Å². The fourth-order valence-electron chi connectivity index (χ4n) is 2.65. The molecule has 1 aromatic carbocycles. The lowest BCUT2D eigenvalue weighted by molar-refractivity contribution is -0.153. The van der Waals surface area contributed by atoms with E-state index in [1.54, 1.807) is 12.1 Å². The fraction of sp³-hybridized carbons (Fsp3) is 0.625. The predicted molar refractivity (Wildman–Crippen MR) is 87.7 cm³/mol. The lowest BCUT2D eigenvalue weighted by Gasteiger charge is -2.37. The number of rotatable bonds is 5. The molecule has 0 saturated carbocycles. The van der Waals surface area contributed by atoms with Gasteiger partial charge in [0, 0.05) is 48.8 Å². The highest BCUT2D eigenvalue weighted by atomic mass is 79.9. The molecule has 0 unspecified atom stereocenters. The van der Waals surface area contributed by atoms with Crippen molar-refractivity contribution in [1.82, 2.24) is 9.80 Å².